The highest BCUT2D eigenvalue weighted by Gasteiger charge is 2.24. The highest BCUT2D eigenvalue weighted by atomic mass is 35.5. The van der Waals surface area contributed by atoms with E-state index in [-0.39, 0.29) is 12.6 Å². The van der Waals surface area contributed by atoms with Crippen molar-refractivity contribution in [2.75, 3.05) is 5.32 Å². The molecule has 4 rings (SSSR count). The van der Waals surface area contributed by atoms with Crippen LogP contribution >= 0.6 is 34.5 Å². The van der Waals surface area contributed by atoms with Crippen molar-refractivity contribution in [1.29, 1.82) is 0 Å². The van der Waals surface area contributed by atoms with Crippen molar-refractivity contribution in [2.45, 2.75) is 51.7 Å². The Morgan fingerprint density at radius 2 is 2.00 bits per heavy atom. The van der Waals surface area contributed by atoms with E-state index in [9.17, 15) is 14.4 Å². The van der Waals surface area contributed by atoms with Gasteiger partial charge in [-0.25, -0.2) is 9.78 Å². The second kappa shape index (κ2) is 9.60. The van der Waals surface area contributed by atoms with Crippen LogP contribution in [0.1, 0.15) is 47.3 Å². The number of hydrogen-bond acceptors (Lipinski definition) is 6. The van der Waals surface area contributed by atoms with Gasteiger partial charge in [-0.15, -0.1) is 11.3 Å². The van der Waals surface area contributed by atoms with Gasteiger partial charge in [-0.1, -0.05) is 29.6 Å². The van der Waals surface area contributed by atoms with E-state index >= 15 is 0 Å². The van der Waals surface area contributed by atoms with Gasteiger partial charge in [0.2, 0.25) is 5.91 Å². The lowest BCUT2D eigenvalue weighted by molar-refractivity contribution is -0.116. The zero-order valence-corrected chi connectivity index (χ0v) is 19.6. The number of halogens is 2. The average Bonchev–Trinajstić information content (AvgIpc) is 3.10. The fraction of sp³-hybridized carbons (Fsp3) is 0.364. The smallest absolute Gasteiger partial charge is 0.348 e. The first-order valence-corrected chi connectivity index (χ1v) is 11.8. The number of amides is 1. The number of nitrogens with zero attached hydrogens (tertiary/aromatic N) is 2. The van der Waals surface area contributed by atoms with Gasteiger partial charge in [-0.05, 0) is 56.4 Å². The molecule has 7 nitrogen and oxygen atoms in total. The predicted octanol–water partition coefficient (Wildman–Crippen LogP) is 5.20. The van der Waals surface area contributed by atoms with Crippen molar-refractivity contribution < 1.29 is 14.3 Å². The number of carbonyl (C=O) groups excluding carboxylic acids is 2. The van der Waals surface area contributed by atoms with Crippen molar-refractivity contribution in [3.05, 3.63) is 55.4 Å². The van der Waals surface area contributed by atoms with Crippen molar-refractivity contribution in [3.63, 3.8) is 0 Å². The van der Waals surface area contributed by atoms with E-state index in [1.54, 1.807) is 19.1 Å². The molecule has 10 heteroatoms. The lowest BCUT2D eigenvalue weighted by Crippen LogP contribution is -2.28. The fourth-order valence-corrected chi connectivity index (χ4v) is 5.27. The number of esters is 1. The largest absolute Gasteiger partial charge is 0.458 e. The van der Waals surface area contributed by atoms with E-state index in [0.29, 0.717) is 36.4 Å². The number of anilines is 1. The Bertz CT molecular complexity index is 1250. The minimum Gasteiger partial charge on any atom is -0.458 e. The molecule has 1 saturated carbocycles. The number of carbonyl (C=O) groups is 2. The third-order valence-corrected chi connectivity index (χ3v) is 7.18. The molecule has 0 atom stereocenters. The zero-order valence-electron chi connectivity index (χ0n) is 17.3. The van der Waals surface area contributed by atoms with Crippen LogP contribution in [0.5, 0.6) is 0 Å². The Balaban J connectivity index is 1.54. The molecular weight excluding hydrogens is 473 g/mol. The monoisotopic (exact) mass is 493 g/mol. The topological polar surface area (TPSA) is 90.3 Å². The summed E-state index contributed by atoms with van der Waals surface area (Å²) in [4.78, 5) is 43.3. The summed E-state index contributed by atoms with van der Waals surface area (Å²) in [6.07, 6.45) is 6.24. The van der Waals surface area contributed by atoms with Crippen molar-refractivity contribution in [2.24, 2.45) is 0 Å². The van der Waals surface area contributed by atoms with E-state index in [1.165, 1.54) is 17.0 Å². The molecule has 1 aliphatic carbocycles. The van der Waals surface area contributed by atoms with Gasteiger partial charge in [0, 0.05) is 5.02 Å². The van der Waals surface area contributed by atoms with Crippen molar-refractivity contribution >= 4 is 62.3 Å². The van der Waals surface area contributed by atoms with Crippen molar-refractivity contribution in [1.82, 2.24) is 9.55 Å². The molecule has 1 aromatic carbocycles. The van der Waals surface area contributed by atoms with Gasteiger partial charge in [0.1, 0.15) is 22.4 Å². The number of rotatable bonds is 5. The number of aromatic nitrogens is 2. The quantitative estimate of drug-likeness (QED) is 0.493. The second-order valence-electron chi connectivity index (χ2n) is 7.75. The van der Waals surface area contributed by atoms with Gasteiger partial charge >= 0.3 is 5.97 Å². The van der Waals surface area contributed by atoms with Crippen molar-refractivity contribution in [3.8, 4) is 0 Å². The number of nitrogens with one attached hydrogen (secondary N) is 1. The number of benzene rings is 1. The van der Waals surface area contributed by atoms with Gasteiger partial charge in [0.05, 0.1) is 22.4 Å². The minimum atomic E-state index is -0.442. The molecule has 1 fully saturated rings. The number of ether oxygens (including phenoxy) is 1. The summed E-state index contributed by atoms with van der Waals surface area (Å²) in [5, 5.41) is 3.72. The van der Waals surface area contributed by atoms with Gasteiger partial charge in [0.15, 0.2) is 0 Å². The summed E-state index contributed by atoms with van der Waals surface area (Å²) in [7, 11) is 0. The molecule has 1 aliphatic rings. The molecule has 2 aromatic heterocycles. The van der Waals surface area contributed by atoms with Crippen LogP contribution in [0.4, 0.5) is 5.69 Å². The van der Waals surface area contributed by atoms with Crippen LogP contribution in [-0.4, -0.2) is 27.5 Å². The standard InChI is InChI=1S/C22H21Cl2N3O4S/c1-12-18-20(32-19(12)22(30)31-14-5-3-2-4-6-14)25-11-27(21(18)29)10-17(28)26-16-8-7-13(23)9-15(16)24/h7-9,11,14H,2-6,10H2,1H3,(H,26,28). The number of fused-ring (bicyclic) bond motifs is 1. The molecule has 0 radical (unpaired) electrons. The molecule has 3 aromatic rings. The highest BCUT2D eigenvalue weighted by molar-refractivity contribution is 7.20. The number of hydrogen-bond donors (Lipinski definition) is 1. The van der Waals surface area contributed by atoms with Crippen LogP contribution in [0.15, 0.2) is 29.3 Å². The maximum atomic E-state index is 13.0. The molecule has 32 heavy (non-hydrogen) atoms. The van der Waals surface area contributed by atoms with E-state index < -0.39 is 17.4 Å². The molecule has 1 amide bonds. The molecule has 0 spiro atoms. The van der Waals surface area contributed by atoms with Gasteiger partial charge in [-0.3, -0.25) is 14.2 Å². The first kappa shape index (κ1) is 22.8. The lowest BCUT2D eigenvalue weighted by atomic mass is 9.98. The summed E-state index contributed by atoms with van der Waals surface area (Å²) in [5.41, 5.74) is 0.527. The Morgan fingerprint density at radius 1 is 1.25 bits per heavy atom. The van der Waals surface area contributed by atoms with E-state index in [0.717, 1.165) is 43.4 Å². The average molecular weight is 494 g/mol. The van der Waals surface area contributed by atoms with Crippen LogP contribution in [0, 0.1) is 6.92 Å². The van der Waals surface area contributed by atoms with E-state index in [2.05, 4.69) is 10.3 Å². The fourth-order valence-electron chi connectivity index (χ4n) is 3.79. The third kappa shape index (κ3) is 4.82. The van der Waals surface area contributed by atoms with Crippen LogP contribution in [0.2, 0.25) is 10.0 Å². The van der Waals surface area contributed by atoms with Crippen LogP contribution in [0.25, 0.3) is 10.2 Å². The maximum Gasteiger partial charge on any atom is 0.348 e. The zero-order chi connectivity index (χ0) is 22.8. The molecule has 1 N–H and O–H groups in total. The normalized spacial score (nSPS) is 14.5. The third-order valence-electron chi connectivity index (χ3n) is 5.45. The summed E-state index contributed by atoms with van der Waals surface area (Å²) in [5.74, 6) is -0.860. The Hall–Kier alpha value is -2.42. The Labute approximate surface area is 198 Å². The molecule has 0 unspecified atom stereocenters. The SMILES string of the molecule is Cc1c(C(=O)OC2CCCCC2)sc2ncn(CC(=O)Nc3ccc(Cl)cc3Cl)c(=O)c12. The molecule has 2 heterocycles. The molecule has 168 valence electrons. The van der Waals surface area contributed by atoms with Gasteiger partial charge < -0.3 is 10.1 Å². The van der Waals surface area contributed by atoms with Crippen LogP contribution < -0.4 is 10.9 Å². The summed E-state index contributed by atoms with van der Waals surface area (Å²) < 4.78 is 6.86. The molecular formula is C22H21Cl2N3O4S. The minimum absolute atomic E-state index is 0.0751. The molecule has 0 bridgehead atoms. The Morgan fingerprint density at radius 3 is 2.72 bits per heavy atom. The maximum absolute atomic E-state index is 13.0. The Kier molecular flexibility index (Phi) is 6.83. The predicted molar refractivity (Wildman–Crippen MR) is 126 cm³/mol. The van der Waals surface area contributed by atoms with E-state index in [4.69, 9.17) is 27.9 Å². The van der Waals surface area contributed by atoms with Crippen LogP contribution in [-0.2, 0) is 16.1 Å². The number of aryl methyl sites for hydroxylation is 1. The summed E-state index contributed by atoms with van der Waals surface area (Å²) in [6.45, 7) is 1.45. The van der Waals surface area contributed by atoms with E-state index in [1.807, 2.05) is 0 Å². The lowest BCUT2D eigenvalue weighted by Gasteiger charge is -2.21. The summed E-state index contributed by atoms with van der Waals surface area (Å²) in [6, 6.07) is 4.70. The second-order valence-corrected chi connectivity index (χ2v) is 9.59. The number of thiophene rings is 1. The summed E-state index contributed by atoms with van der Waals surface area (Å²) >= 11 is 13.1. The molecule has 0 saturated heterocycles. The van der Waals surface area contributed by atoms with Gasteiger partial charge in [0.25, 0.3) is 5.56 Å². The first-order valence-electron chi connectivity index (χ1n) is 10.3. The van der Waals surface area contributed by atoms with Crippen LogP contribution in [0.3, 0.4) is 0 Å². The first-order chi connectivity index (χ1) is 15.3. The van der Waals surface area contributed by atoms with Gasteiger partial charge in [-0.2, -0.15) is 0 Å². The highest BCUT2D eigenvalue weighted by Crippen LogP contribution is 2.29. The molecule has 0 aliphatic heterocycles.